The van der Waals surface area contributed by atoms with Gasteiger partial charge < -0.3 is 0 Å². The van der Waals surface area contributed by atoms with Crippen LogP contribution < -0.4 is 0 Å². The van der Waals surface area contributed by atoms with Gasteiger partial charge in [-0.2, -0.15) is 0 Å². The summed E-state index contributed by atoms with van der Waals surface area (Å²) in [6.07, 6.45) is 6.53. The lowest BCUT2D eigenvalue weighted by molar-refractivity contribution is 0.929. The average molecular weight is 297 g/mol. The zero-order valence-electron chi connectivity index (χ0n) is 13.3. The fraction of sp³-hybridized carbons (Fsp3) is 0.136. The molecule has 0 saturated carbocycles. The summed E-state index contributed by atoms with van der Waals surface area (Å²) >= 11 is 0. The third-order valence-electron chi connectivity index (χ3n) is 4.42. The van der Waals surface area contributed by atoms with E-state index in [2.05, 4.69) is 79.7 Å². The van der Waals surface area contributed by atoms with Crippen LogP contribution in [0.25, 0.3) is 28.5 Å². The molecule has 1 nitrogen and oxygen atoms in total. The van der Waals surface area contributed by atoms with Crippen molar-refractivity contribution in [1.82, 2.24) is 4.98 Å². The molecule has 1 aliphatic rings. The van der Waals surface area contributed by atoms with Crippen LogP contribution in [0.5, 0.6) is 0 Å². The molecule has 23 heavy (non-hydrogen) atoms. The van der Waals surface area contributed by atoms with Crippen molar-refractivity contribution in [3.8, 4) is 22.4 Å². The molecule has 0 radical (unpaired) electrons. The first-order chi connectivity index (χ1) is 11.3. The monoisotopic (exact) mass is 297 g/mol. The van der Waals surface area contributed by atoms with Gasteiger partial charge >= 0.3 is 0 Å². The summed E-state index contributed by atoms with van der Waals surface area (Å²) in [5.74, 6) is 0. The van der Waals surface area contributed by atoms with Crippen LogP contribution in [0.4, 0.5) is 0 Å². The lowest BCUT2D eigenvalue weighted by atomic mass is 9.99. The summed E-state index contributed by atoms with van der Waals surface area (Å²) in [7, 11) is 0. The first-order valence-electron chi connectivity index (χ1n) is 8.13. The van der Waals surface area contributed by atoms with Crippen LogP contribution in [0.2, 0.25) is 0 Å². The number of hydrogen-bond acceptors (Lipinski definition) is 1. The lowest BCUT2D eigenvalue weighted by Crippen LogP contribution is -1.99. The zero-order valence-corrected chi connectivity index (χ0v) is 13.3. The van der Waals surface area contributed by atoms with Crippen LogP contribution in [0, 0.1) is 6.92 Å². The highest BCUT2D eigenvalue weighted by molar-refractivity contribution is 5.70. The third kappa shape index (κ3) is 2.83. The van der Waals surface area contributed by atoms with Gasteiger partial charge in [-0.1, -0.05) is 72.3 Å². The van der Waals surface area contributed by atoms with Gasteiger partial charge in [0.05, 0.1) is 5.69 Å². The van der Waals surface area contributed by atoms with E-state index in [9.17, 15) is 0 Å². The minimum Gasteiger partial charge on any atom is -0.252 e. The normalized spacial score (nSPS) is 12.9. The first kappa shape index (κ1) is 14.0. The average Bonchev–Trinajstić information content (AvgIpc) is 2.62. The number of benzene rings is 2. The molecule has 3 aromatic rings. The maximum absolute atomic E-state index is 4.85. The molecule has 0 bridgehead atoms. The van der Waals surface area contributed by atoms with E-state index in [1.54, 1.807) is 0 Å². The van der Waals surface area contributed by atoms with Crippen molar-refractivity contribution in [2.45, 2.75) is 19.8 Å². The van der Waals surface area contributed by atoms with Crippen LogP contribution >= 0.6 is 0 Å². The highest BCUT2D eigenvalue weighted by atomic mass is 14.7. The van der Waals surface area contributed by atoms with E-state index in [4.69, 9.17) is 4.98 Å². The summed E-state index contributed by atoms with van der Waals surface area (Å²) in [6, 6.07) is 21.7. The van der Waals surface area contributed by atoms with Gasteiger partial charge in [0.2, 0.25) is 0 Å². The van der Waals surface area contributed by atoms with Crippen LogP contribution in [-0.4, -0.2) is 4.98 Å². The standard InChI is InChI=1S/C22H19N/c1-16-6-8-17(9-7-16)18-10-12-20(13-11-18)22-15-14-19-4-2-3-5-21(19)23-22/h2,4,6-15H,3,5H2,1H3. The van der Waals surface area contributed by atoms with Crippen molar-refractivity contribution in [3.63, 3.8) is 0 Å². The van der Waals surface area contributed by atoms with Gasteiger partial charge in [0, 0.05) is 11.3 Å². The van der Waals surface area contributed by atoms with Gasteiger partial charge in [-0.3, -0.25) is 4.98 Å². The van der Waals surface area contributed by atoms with Crippen LogP contribution in [0.3, 0.4) is 0 Å². The molecule has 1 aliphatic carbocycles. The van der Waals surface area contributed by atoms with Gasteiger partial charge in [-0.25, -0.2) is 0 Å². The number of aryl methyl sites for hydroxylation is 2. The quantitative estimate of drug-likeness (QED) is 0.592. The number of rotatable bonds is 2. The van der Waals surface area contributed by atoms with Crippen molar-refractivity contribution >= 4 is 6.08 Å². The molecule has 0 spiro atoms. The Hall–Kier alpha value is -2.67. The van der Waals surface area contributed by atoms with Gasteiger partial charge in [0.1, 0.15) is 0 Å². The number of pyridine rings is 1. The Morgan fingerprint density at radius 1 is 0.739 bits per heavy atom. The Morgan fingerprint density at radius 3 is 2.13 bits per heavy atom. The number of fused-ring (bicyclic) bond motifs is 1. The maximum atomic E-state index is 4.85. The van der Waals surface area contributed by atoms with E-state index in [0.717, 1.165) is 18.5 Å². The molecule has 4 rings (SSSR count). The van der Waals surface area contributed by atoms with E-state index in [0.29, 0.717) is 0 Å². The van der Waals surface area contributed by atoms with Crippen LogP contribution in [0.15, 0.2) is 66.7 Å². The summed E-state index contributed by atoms with van der Waals surface area (Å²) in [5.41, 5.74) is 8.51. The molecule has 1 heteroatoms. The number of nitrogens with zero attached hydrogens (tertiary/aromatic N) is 1. The fourth-order valence-electron chi connectivity index (χ4n) is 3.03. The molecule has 0 saturated heterocycles. The molecule has 0 unspecified atom stereocenters. The number of aromatic nitrogens is 1. The van der Waals surface area contributed by atoms with Crippen molar-refractivity contribution in [2.24, 2.45) is 0 Å². The molecular formula is C22H19N. The zero-order chi connectivity index (χ0) is 15.6. The minimum atomic E-state index is 1.04. The van der Waals surface area contributed by atoms with Crippen LogP contribution in [0.1, 0.15) is 23.2 Å². The van der Waals surface area contributed by atoms with E-state index in [1.165, 1.54) is 33.5 Å². The topological polar surface area (TPSA) is 12.9 Å². The van der Waals surface area contributed by atoms with E-state index in [1.807, 2.05) is 0 Å². The summed E-state index contributed by atoms with van der Waals surface area (Å²) in [4.78, 5) is 4.85. The second kappa shape index (κ2) is 5.85. The summed E-state index contributed by atoms with van der Waals surface area (Å²) < 4.78 is 0. The Balaban J connectivity index is 1.65. The van der Waals surface area contributed by atoms with Crippen LogP contribution in [-0.2, 0) is 6.42 Å². The van der Waals surface area contributed by atoms with Gasteiger partial charge in [-0.15, -0.1) is 0 Å². The second-order valence-corrected chi connectivity index (χ2v) is 6.12. The highest BCUT2D eigenvalue weighted by Crippen LogP contribution is 2.26. The molecule has 0 fully saturated rings. The molecule has 0 aliphatic heterocycles. The van der Waals surface area contributed by atoms with Crippen molar-refractivity contribution in [1.29, 1.82) is 0 Å². The lowest BCUT2D eigenvalue weighted by Gasteiger charge is -2.11. The number of hydrogen-bond donors (Lipinski definition) is 0. The second-order valence-electron chi connectivity index (χ2n) is 6.12. The molecule has 1 heterocycles. The van der Waals surface area contributed by atoms with E-state index in [-0.39, 0.29) is 0 Å². The third-order valence-corrected chi connectivity index (χ3v) is 4.42. The predicted molar refractivity (Wildman–Crippen MR) is 97.2 cm³/mol. The predicted octanol–water partition coefficient (Wildman–Crippen LogP) is 5.68. The van der Waals surface area contributed by atoms with Crippen molar-refractivity contribution in [3.05, 3.63) is 83.6 Å². The Bertz CT molecular complexity index is 855. The molecule has 0 atom stereocenters. The molecule has 2 aromatic carbocycles. The van der Waals surface area contributed by atoms with E-state index >= 15 is 0 Å². The van der Waals surface area contributed by atoms with Gasteiger partial charge in [0.15, 0.2) is 0 Å². The Morgan fingerprint density at radius 2 is 1.39 bits per heavy atom. The minimum absolute atomic E-state index is 1.04. The number of allylic oxidation sites excluding steroid dienone is 1. The largest absolute Gasteiger partial charge is 0.252 e. The molecule has 1 aromatic heterocycles. The summed E-state index contributed by atoms with van der Waals surface area (Å²) in [5, 5.41) is 0. The van der Waals surface area contributed by atoms with Gasteiger partial charge in [-0.05, 0) is 42.5 Å². The Kier molecular flexibility index (Phi) is 3.55. The van der Waals surface area contributed by atoms with Crippen molar-refractivity contribution < 1.29 is 0 Å². The fourth-order valence-corrected chi connectivity index (χ4v) is 3.03. The molecular weight excluding hydrogens is 278 g/mol. The molecule has 112 valence electrons. The van der Waals surface area contributed by atoms with Crippen molar-refractivity contribution in [2.75, 3.05) is 0 Å². The first-order valence-corrected chi connectivity index (χ1v) is 8.13. The molecule has 0 N–H and O–H groups in total. The smallest absolute Gasteiger partial charge is 0.0705 e. The highest BCUT2D eigenvalue weighted by Gasteiger charge is 2.08. The SMILES string of the molecule is Cc1ccc(-c2ccc(-c3ccc4c(n3)CCC=C4)cc2)cc1. The summed E-state index contributed by atoms with van der Waals surface area (Å²) in [6.45, 7) is 2.11. The Labute approximate surface area is 137 Å². The van der Waals surface area contributed by atoms with E-state index < -0.39 is 0 Å². The van der Waals surface area contributed by atoms with Gasteiger partial charge in [0.25, 0.3) is 0 Å². The maximum Gasteiger partial charge on any atom is 0.0705 e. The molecule has 0 amide bonds.